The number of carbonyl (C=O) groups excluding carboxylic acids is 1. The first kappa shape index (κ1) is 23.5. The summed E-state index contributed by atoms with van der Waals surface area (Å²) in [6.07, 6.45) is 14.0. The zero-order valence-corrected chi connectivity index (χ0v) is 20.3. The smallest absolute Gasteiger partial charge is 0.226 e. The third-order valence-electron chi connectivity index (χ3n) is 5.89. The standard InChI is InChI=1S/C28H24N8O/c1-4-23-25(22(12-29)18-6-5-9-30-13-18)34-27(33-23)26-21-11-17(7-8-24(21)35-36-26)19-10-20(15-31-14-19)32-28(37)16(2)3/h1,5-16H,29H2,2-3H3,(H,32,37)(H,33,34)(H,35,36)/b22-12-. The number of benzene rings is 1. The van der Waals surface area contributed by atoms with Gasteiger partial charge in [0.1, 0.15) is 17.1 Å². The molecule has 0 saturated carbocycles. The number of aromatic nitrogens is 6. The second-order valence-corrected chi connectivity index (χ2v) is 8.71. The number of rotatable bonds is 6. The quantitative estimate of drug-likeness (QED) is 0.262. The number of terminal acetylenes is 1. The van der Waals surface area contributed by atoms with Crippen LogP contribution in [0.15, 0.2) is 67.4 Å². The van der Waals surface area contributed by atoms with Gasteiger partial charge in [0.25, 0.3) is 0 Å². The molecule has 0 bridgehead atoms. The molecule has 0 unspecified atom stereocenters. The van der Waals surface area contributed by atoms with Crippen LogP contribution in [0.25, 0.3) is 39.1 Å². The first-order valence-corrected chi connectivity index (χ1v) is 11.6. The maximum atomic E-state index is 12.1. The van der Waals surface area contributed by atoms with E-state index in [0.29, 0.717) is 34.2 Å². The van der Waals surface area contributed by atoms with Gasteiger partial charge in [0.05, 0.1) is 17.4 Å². The minimum atomic E-state index is -0.132. The second-order valence-electron chi connectivity index (χ2n) is 8.71. The Morgan fingerprint density at radius 3 is 2.73 bits per heavy atom. The molecule has 0 spiro atoms. The topological polar surface area (TPSA) is 138 Å². The molecular weight excluding hydrogens is 464 g/mol. The average Bonchev–Trinajstić information content (AvgIpc) is 3.53. The Hall–Kier alpha value is -5.23. The number of hydrogen-bond donors (Lipinski definition) is 4. The Labute approximate surface area is 213 Å². The molecule has 5 rings (SSSR count). The minimum absolute atomic E-state index is 0.0679. The molecule has 5 N–H and O–H groups in total. The van der Waals surface area contributed by atoms with Crippen LogP contribution in [-0.2, 0) is 4.79 Å². The lowest BCUT2D eigenvalue weighted by Gasteiger charge is -2.09. The van der Waals surface area contributed by atoms with Crippen LogP contribution in [0, 0.1) is 18.3 Å². The van der Waals surface area contributed by atoms with Crippen molar-refractivity contribution in [3.63, 3.8) is 0 Å². The molecule has 37 heavy (non-hydrogen) atoms. The first-order chi connectivity index (χ1) is 18.0. The molecule has 9 nitrogen and oxygen atoms in total. The van der Waals surface area contributed by atoms with Gasteiger partial charge < -0.3 is 16.0 Å². The summed E-state index contributed by atoms with van der Waals surface area (Å²) >= 11 is 0. The van der Waals surface area contributed by atoms with Crippen LogP contribution >= 0.6 is 0 Å². The van der Waals surface area contributed by atoms with Crippen molar-refractivity contribution in [3.8, 4) is 35.0 Å². The Kier molecular flexibility index (Phi) is 6.22. The molecule has 0 radical (unpaired) electrons. The highest BCUT2D eigenvalue weighted by atomic mass is 16.1. The summed E-state index contributed by atoms with van der Waals surface area (Å²) in [6.45, 7) is 3.69. The number of H-pyrrole nitrogens is 2. The fourth-order valence-corrected chi connectivity index (χ4v) is 3.95. The molecule has 0 saturated heterocycles. The van der Waals surface area contributed by atoms with Crippen LogP contribution in [-0.4, -0.2) is 36.0 Å². The highest BCUT2D eigenvalue weighted by molar-refractivity contribution is 5.96. The molecule has 0 aliphatic heterocycles. The maximum absolute atomic E-state index is 12.1. The fourth-order valence-electron chi connectivity index (χ4n) is 3.95. The van der Waals surface area contributed by atoms with Gasteiger partial charge >= 0.3 is 0 Å². The molecular formula is C28H24N8O. The van der Waals surface area contributed by atoms with E-state index in [2.05, 4.69) is 36.4 Å². The lowest BCUT2D eigenvalue weighted by molar-refractivity contribution is -0.118. The van der Waals surface area contributed by atoms with Crippen LogP contribution < -0.4 is 11.1 Å². The van der Waals surface area contributed by atoms with Crippen LogP contribution in [0.2, 0.25) is 0 Å². The van der Waals surface area contributed by atoms with E-state index in [-0.39, 0.29) is 11.8 Å². The van der Waals surface area contributed by atoms with Crippen LogP contribution in [0.5, 0.6) is 0 Å². The number of carbonyl (C=O) groups is 1. The summed E-state index contributed by atoms with van der Waals surface area (Å²) in [7, 11) is 0. The zero-order chi connectivity index (χ0) is 25.9. The Bertz CT molecular complexity index is 1670. The molecule has 0 atom stereocenters. The predicted octanol–water partition coefficient (Wildman–Crippen LogP) is 4.33. The van der Waals surface area contributed by atoms with Gasteiger partial charge in [0.15, 0.2) is 5.82 Å². The molecule has 1 amide bonds. The second kappa shape index (κ2) is 9.79. The number of amides is 1. The highest BCUT2D eigenvalue weighted by Crippen LogP contribution is 2.32. The number of pyridine rings is 2. The number of anilines is 1. The molecule has 4 heterocycles. The molecule has 0 aliphatic rings. The van der Waals surface area contributed by atoms with E-state index in [1.165, 1.54) is 6.20 Å². The largest absolute Gasteiger partial charge is 0.404 e. The van der Waals surface area contributed by atoms with Crippen molar-refractivity contribution in [1.82, 2.24) is 30.1 Å². The number of aromatic amines is 2. The summed E-state index contributed by atoms with van der Waals surface area (Å²) in [4.78, 5) is 28.6. The number of nitrogens with one attached hydrogen (secondary N) is 3. The van der Waals surface area contributed by atoms with Crippen molar-refractivity contribution in [2.45, 2.75) is 13.8 Å². The SMILES string of the molecule is C#Cc1[nH]c(-c2n[nH]c3ccc(-c4cncc(NC(=O)C(C)C)c4)cc23)nc1/C(=C\N)c1cccnc1. The normalized spacial score (nSPS) is 11.6. The molecule has 0 aliphatic carbocycles. The third kappa shape index (κ3) is 4.56. The monoisotopic (exact) mass is 488 g/mol. The molecule has 9 heteroatoms. The van der Waals surface area contributed by atoms with Crippen LogP contribution in [0.4, 0.5) is 5.69 Å². The molecule has 182 valence electrons. The molecule has 4 aromatic heterocycles. The van der Waals surface area contributed by atoms with Crippen LogP contribution in [0.3, 0.4) is 0 Å². The van der Waals surface area contributed by atoms with Gasteiger partial charge in [0.2, 0.25) is 5.91 Å². The van der Waals surface area contributed by atoms with E-state index in [4.69, 9.17) is 17.1 Å². The first-order valence-electron chi connectivity index (χ1n) is 11.6. The van der Waals surface area contributed by atoms with E-state index in [1.807, 2.05) is 50.2 Å². The van der Waals surface area contributed by atoms with Crippen molar-refractivity contribution >= 4 is 28.1 Å². The van der Waals surface area contributed by atoms with Gasteiger partial charge in [-0.05, 0) is 29.8 Å². The maximum Gasteiger partial charge on any atom is 0.226 e. The molecule has 0 fully saturated rings. The van der Waals surface area contributed by atoms with Gasteiger partial charge in [-0.25, -0.2) is 4.98 Å². The van der Waals surface area contributed by atoms with Crippen molar-refractivity contribution in [3.05, 3.63) is 84.3 Å². The number of fused-ring (bicyclic) bond motifs is 1. The molecule has 5 aromatic rings. The van der Waals surface area contributed by atoms with Gasteiger partial charge in [-0.2, -0.15) is 5.10 Å². The summed E-state index contributed by atoms with van der Waals surface area (Å²) < 4.78 is 0. The summed E-state index contributed by atoms with van der Waals surface area (Å²) in [5.74, 6) is 2.97. The van der Waals surface area contributed by atoms with E-state index in [1.54, 1.807) is 24.8 Å². The van der Waals surface area contributed by atoms with Gasteiger partial charge in [-0.3, -0.25) is 19.9 Å². The van der Waals surface area contributed by atoms with E-state index >= 15 is 0 Å². The van der Waals surface area contributed by atoms with Gasteiger partial charge in [0, 0.05) is 52.8 Å². The third-order valence-corrected chi connectivity index (χ3v) is 5.89. The van der Waals surface area contributed by atoms with E-state index in [9.17, 15) is 4.79 Å². The summed E-state index contributed by atoms with van der Waals surface area (Å²) in [5, 5.41) is 11.3. The summed E-state index contributed by atoms with van der Waals surface area (Å²) in [5.41, 5.74) is 12.3. The average molecular weight is 489 g/mol. The minimum Gasteiger partial charge on any atom is -0.404 e. The van der Waals surface area contributed by atoms with E-state index in [0.717, 1.165) is 27.6 Å². The van der Waals surface area contributed by atoms with E-state index < -0.39 is 0 Å². The highest BCUT2D eigenvalue weighted by Gasteiger charge is 2.19. The van der Waals surface area contributed by atoms with Crippen molar-refractivity contribution < 1.29 is 4.79 Å². The number of nitrogens with two attached hydrogens (primary N) is 1. The van der Waals surface area contributed by atoms with Crippen molar-refractivity contribution in [2.75, 3.05) is 5.32 Å². The van der Waals surface area contributed by atoms with Crippen molar-refractivity contribution in [2.24, 2.45) is 11.7 Å². The summed E-state index contributed by atoms with van der Waals surface area (Å²) in [6, 6.07) is 11.5. The number of hydrogen-bond acceptors (Lipinski definition) is 6. The Morgan fingerprint density at radius 2 is 2.00 bits per heavy atom. The van der Waals surface area contributed by atoms with Crippen LogP contribution in [0.1, 0.15) is 30.8 Å². The zero-order valence-electron chi connectivity index (χ0n) is 20.3. The van der Waals surface area contributed by atoms with Gasteiger partial charge in [-0.1, -0.05) is 31.9 Å². The fraction of sp³-hybridized carbons (Fsp3) is 0.107. The molecule has 1 aromatic carbocycles. The number of imidazole rings is 1. The Morgan fingerprint density at radius 1 is 1.14 bits per heavy atom. The predicted molar refractivity (Wildman–Crippen MR) is 144 cm³/mol. The van der Waals surface area contributed by atoms with Crippen molar-refractivity contribution in [1.29, 1.82) is 0 Å². The Balaban J connectivity index is 1.55. The lowest BCUT2D eigenvalue weighted by atomic mass is 10.0. The number of nitrogens with zero attached hydrogens (tertiary/aromatic N) is 4. The van der Waals surface area contributed by atoms with Gasteiger partial charge in [-0.15, -0.1) is 6.42 Å². The lowest BCUT2D eigenvalue weighted by Crippen LogP contribution is -2.17.